The van der Waals surface area contributed by atoms with Crippen LogP contribution in [0.15, 0.2) is 57.5 Å². The summed E-state index contributed by atoms with van der Waals surface area (Å²) in [5, 5.41) is 0. The van der Waals surface area contributed by atoms with Crippen molar-refractivity contribution in [3.63, 3.8) is 0 Å². The van der Waals surface area contributed by atoms with E-state index in [2.05, 4.69) is 31.9 Å². The van der Waals surface area contributed by atoms with Gasteiger partial charge in [0.05, 0.1) is 0 Å². The minimum absolute atomic E-state index is 0. The second-order valence-electron chi connectivity index (χ2n) is 2.18. The summed E-state index contributed by atoms with van der Waals surface area (Å²) in [5.41, 5.74) is 0. The van der Waals surface area contributed by atoms with Crippen LogP contribution in [0, 0.1) is 0 Å². The van der Waals surface area contributed by atoms with Crippen molar-refractivity contribution in [2.75, 3.05) is 0 Å². The Bertz CT molecular complexity index is 265. The Hall–Kier alpha value is 0.179. The molecular formula is C10H8Br2Fe-6. The van der Waals surface area contributed by atoms with E-state index in [1.54, 1.807) is 0 Å². The molecule has 76 valence electrons. The summed E-state index contributed by atoms with van der Waals surface area (Å²) in [4.78, 5) is 0. The molecule has 2 aromatic rings. The maximum absolute atomic E-state index is 3.32. The zero-order valence-electron chi connectivity index (χ0n) is 6.73. The van der Waals surface area contributed by atoms with Crippen molar-refractivity contribution in [2.45, 2.75) is 0 Å². The zero-order valence-corrected chi connectivity index (χ0v) is 11.0. The molecule has 0 N–H and O–H groups in total. The molecule has 0 aromatic heterocycles. The van der Waals surface area contributed by atoms with Crippen LogP contribution in [0.3, 0.4) is 0 Å². The Balaban J connectivity index is 0.000000215. The summed E-state index contributed by atoms with van der Waals surface area (Å²) >= 11 is 6.64. The predicted octanol–water partition coefficient (Wildman–Crippen LogP) is 4.33. The van der Waals surface area contributed by atoms with Crippen LogP contribution in [0.4, 0.5) is 0 Å². The fourth-order valence-electron chi connectivity index (χ4n) is 0.697. The van der Waals surface area contributed by atoms with Crippen molar-refractivity contribution < 1.29 is 17.1 Å². The van der Waals surface area contributed by atoms with Crippen molar-refractivity contribution >= 4 is 31.9 Å². The predicted molar refractivity (Wildman–Crippen MR) is 59.5 cm³/mol. The number of hydrogen-bond donors (Lipinski definition) is 0. The molecule has 2 rings (SSSR count). The van der Waals surface area contributed by atoms with Gasteiger partial charge >= 0.3 is 0 Å². The molecule has 0 atom stereocenters. The third-order valence-electron chi connectivity index (χ3n) is 1.27. The fraction of sp³-hybridized carbons (Fsp3) is 0. The smallest absolute Gasteiger partial charge is 0 e. The third kappa shape index (κ3) is 5.48. The summed E-state index contributed by atoms with van der Waals surface area (Å²) in [6, 6.07) is 16.0. The van der Waals surface area contributed by atoms with E-state index in [1.807, 2.05) is 48.5 Å². The van der Waals surface area contributed by atoms with E-state index in [0.29, 0.717) is 0 Å². The van der Waals surface area contributed by atoms with Crippen LogP contribution in [-0.4, -0.2) is 0 Å². The number of hydrogen-bond acceptors (Lipinski definition) is 0. The average molecular weight is 344 g/mol. The number of rotatable bonds is 0. The normalized spacial score (nSPS) is 8.15. The van der Waals surface area contributed by atoms with Gasteiger partial charge in [0.2, 0.25) is 0 Å². The van der Waals surface area contributed by atoms with Crippen LogP contribution in [0.25, 0.3) is 0 Å². The van der Waals surface area contributed by atoms with Crippen LogP contribution in [-0.2, 0) is 17.1 Å². The first kappa shape index (κ1) is 13.2. The Morgan fingerprint density at radius 3 is 1.69 bits per heavy atom. The van der Waals surface area contributed by atoms with Crippen molar-refractivity contribution in [2.24, 2.45) is 0 Å². The molecule has 0 radical (unpaired) electrons. The maximum atomic E-state index is 3.32. The summed E-state index contributed by atoms with van der Waals surface area (Å²) in [6.45, 7) is 0. The average Bonchev–Trinajstić information content (AvgIpc) is 2.67. The quantitative estimate of drug-likeness (QED) is 0.493. The van der Waals surface area contributed by atoms with Gasteiger partial charge in [0.25, 0.3) is 0 Å². The van der Waals surface area contributed by atoms with E-state index in [4.69, 9.17) is 0 Å². The van der Waals surface area contributed by atoms with E-state index in [-0.39, 0.29) is 17.1 Å². The van der Waals surface area contributed by atoms with Crippen molar-refractivity contribution in [1.29, 1.82) is 0 Å². The van der Waals surface area contributed by atoms with E-state index < -0.39 is 0 Å². The maximum Gasteiger partial charge on any atom is 0 e. The molecule has 2 aromatic carbocycles. The fourth-order valence-corrected chi connectivity index (χ4v) is 1.27. The van der Waals surface area contributed by atoms with Gasteiger partial charge in [0, 0.05) is 17.1 Å². The Kier molecular flexibility index (Phi) is 7.68. The zero-order chi connectivity index (χ0) is 8.81. The molecule has 0 aliphatic carbocycles. The van der Waals surface area contributed by atoms with Gasteiger partial charge in [0.15, 0.2) is 0 Å². The SMILES string of the molecule is Brc1ccc[c-]1Br.[Fe].[cH-]1[cH-][cH-][cH-][cH-]1. The van der Waals surface area contributed by atoms with Gasteiger partial charge in [-0.1, -0.05) is 24.9 Å². The molecule has 0 aliphatic heterocycles. The molecule has 0 aliphatic rings. The Morgan fingerprint density at radius 2 is 1.54 bits per heavy atom. The van der Waals surface area contributed by atoms with Crippen molar-refractivity contribution in [3.05, 3.63) is 57.5 Å². The third-order valence-corrected chi connectivity index (χ3v) is 3.18. The molecule has 0 heterocycles. The summed E-state index contributed by atoms with van der Waals surface area (Å²) in [6.07, 6.45) is 0. The monoisotopic (exact) mass is 342 g/mol. The molecule has 0 bridgehead atoms. The van der Waals surface area contributed by atoms with Gasteiger partial charge in [-0.25, -0.2) is 6.07 Å². The van der Waals surface area contributed by atoms with Crippen molar-refractivity contribution in [1.82, 2.24) is 0 Å². The minimum Gasteiger partial charge on any atom is -0.748 e. The van der Waals surface area contributed by atoms with Gasteiger partial charge in [-0.15, -0.1) is 15.9 Å². The minimum atomic E-state index is 0. The number of halogens is 2. The molecule has 3 heteroatoms. The van der Waals surface area contributed by atoms with E-state index in [0.717, 1.165) is 8.95 Å². The van der Waals surface area contributed by atoms with Gasteiger partial charge in [-0.2, -0.15) is 12.1 Å². The topological polar surface area (TPSA) is 0 Å². The molecule has 0 nitrogen and oxygen atoms in total. The van der Waals surface area contributed by atoms with Gasteiger partial charge in [0.1, 0.15) is 0 Å². The molecule has 0 unspecified atom stereocenters. The molecule has 0 saturated heterocycles. The molecule has 13 heavy (non-hydrogen) atoms. The Morgan fingerprint density at radius 1 is 1.08 bits per heavy atom. The van der Waals surface area contributed by atoms with E-state index in [9.17, 15) is 0 Å². The van der Waals surface area contributed by atoms with Gasteiger partial charge in [-0.05, 0) is 0 Å². The summed E-state index contributed by atoms with van der Waals surface area (Å²) in [7, 11) is 0. The van der Waals surface area contributed by atoms with Crippen LogP contribution in [0.5, 0.6) is 0 Å². The first-order valence-electron chi connectivity index (χ1n) is 3.54. The molecule has 0 saturated carbocycles. The molecular weight excluding hydrogens is 336 g/mol. The first-order chi connectivity index (χ1) is 5.80. The van der Waals surface area contributed by atoms with Crippen molar-refractivity contribution in [3.8, 4) is 0 Å². The molecule has 0 fully saturated rings. The van der Waals surface area contributed by atoms with Crippen LogP contribution >= 0.6 is 31.9 Å². The summed E-state index contributed by atoms with van der Waals surface area (Å²) < 4.78 is 2.24. The van der Waals surface area contributed by atoms with Crippen LogP contribution in [0.2, 0.25) is 0 Å². The summed E-state index contributed by atoms with van der Waals surface area (Å²) in [5.74, 6) is 0. The standard InChI is InChI=1S/C5H3Br2.C5H5.Fe/c6-4-2-1-3-5(4)7;1-2-4-5-3-1;/h1-3H;1-5H;/q-1;-5;. The van der Waals surface area contributed by atoms with Crippen LogP contribution in [0.1, 0.15) is 0 Å². The van der Waals surface area contributed by atoms with E-state index >= 15 is 0 Å². The van der Waals surface area contributed by atoms with E-state index in [1.165, 1.54) is 0 Å². The first-order valence-corrected chi connectivity index (χ1v) is 5.12. The van der Waals surface area contributed by atoms with Gasteiger partial charge < -0.3 is 30.3 Å². The Labute approximate surface area is 106 Å². The largest absolute Gasteiger partial charge is 0.748 e. The second kappa shape index (κ2) is 7.57. The van der Waals surface area contributed by atoms with Crippen LogP contribution < -0.4 is 0 Å². The molecule has 0 spiro atoms. The van der Waals surface area contributed by atoms with Gasteiger partial charge in [-0.3, -0.25) is 0 Å². The molecule has 0 amide bonds. The second-order valence-corrected chi connectivity index (χ2v) is 3.89.